The Kier molecular flexibility index (Phi) is 6.02. The van der Waals surface area contributed by atoms with Crippen molar-refractivity contribution in [2.75, 3.05) is 11.9 Å². The monoisotopic (exact) mass is 338 g/mol. The molecule has 0 unspecified atom stereocenters. The minimum Gasteiger partial charge on any atom is -0.389 e. The van der Waals surface area contributed by atoms with E-state index in [0.717, 1.165) is 18.4 Å². The van der Waals surface area contributed by atoms with Crippen molar-refractivity contribution < 1.29 is 14.7 Å². The molecule has 5 nitrogen and oxygen atoms in total. The summed E-state index contributed by atoms with van der Waals surface area (Å²) in [4.78, 5) is 23.7. The van der Waals surface area contributed by atoms with Gasteiger partial charge in [0.25, 0.3) is 0 Å². The summed E-state index contributed by atoms with van der Waals surface area (Å²) in [7, 11) is 0. The Labute approximate surface area is 141 Å². The molecule has 0 aliphatic heterocycles. The highest BCUT2D eigenvalue weighted by atomic mass is 35.5. The van der Waals surface area contributed by atoms with Crippen LogP contribution in [0, 0.1) is 6.92 Å². The van der Waals surface area contributed by atoms with Gasteiger partial charge in [0.1, 0.15) is 0 Å². The molecule has 6 heteroatoms. The number of hydrogen-bond acceptors (Lipinski definition) is 3. The quantitative estimate of drug-likeness (QED) is 0.746. The van der Waals surface area contributed by atoms with Crippen LogP contribution in [0.3, 0.4) is 0 Å². The zero-order chi connectivity index (χ0) is 16.9. The predicted molar refractivity (Wildman–Crippen MR) is 90.5 cm³/mol. The fourth-order valence-electron chi connectivity index (χ4n) is 2.82. The van der Waals surface area contributed by atoms with Gasteiger partial charge in [-0.25, -0.2) is 0 Å². The average Bonchev–Trinajstić information content (AvgIpc) is 2.88. The van der Waals surface area contributed by atoms with Crippen molar-refractivity contribution in [3.05, 3.63) is 28.8 Å². The molecule has 0 aromatic heterocycles. The molecule has 1 aromatic rings. The summed E-state index contributed by atoms with van der Waals surface area (Å²) in [5, 5.41) is 16.1. The summed E-state index contributed by atoms with van der Waals surface area (Å²) < 4.78 is 0. The highest BCUT2D eigenvalue weighted by Gasteiger charge is 2.33. The molecule has 1 saturated carbocycles. The average molecular weight is 339 g/mol. The van der Waals surface area contributed by atoms with Crippen molar-refractivity contribution >= 4 is 29.1 Å². The van der Waals surface area contributed by atoms with E-state index in [9.17, 15) is 14.7 Å². The topological polar surface area (TPSA) is 78.4 Å². The lowest BCUT2D eigenvalue weighted by Gasteiger charge is -2.21. The Morgan fingerprint density at radius 3 is 2.61 bits per heavy atom. The third-order valence-corrected chi connectivity index (χ3v) is 4.41. The third kappa shape index (κ3) is 5.52. The molecular formula is C17H23ClN2O3. The van der Waals surface area contributed by atoms with E-state index < -0.39 is 5.60 Å². The molecule has 0 atom stereocenters. The molecule has 1 aliphatic carbocycles. The second-order valence-electron chi connectivity index (χ2n) is 6.24. The maximum absolute atomic E-state index is 11.9. The van der Waals surface area contributed by atoms with Crippen molar-refractivity contribution in [3.63, 3.8) is 0 Å². The summed E-state index contributed by atoms with van der Waals surface area (Å²) in [6.07, 6.45) is 3.54. The maximum Gasteiger partial charge on any atom is 0.226 e. The van der Waals surface area contributed by atoms with Crippen LogP contribution in [0.5, 0.6) is 0 Å². The highest BCUT2D eigenvalue weighted by Crippen LogP contribution is 2.32. The minimum absolute atomic E-state index is 0.110. The van der Waals surface area contributed by atoms with Gasteiger partial charge in [0.15, 0.2) is 0 Å². The number of benzene rings is 1. The van der Waals surface area contributed by atoms with Crippen molar-refractivity contribution in [2.24, 2.45) is 0 Å². The summed E-state index contributed by atoms with van der Waals surface area (Å²) in [6.45, 7) is 2.16. The van der Waals surface area contributed by atoms with Gasteiger partial charge in [0, 0.05) is 13.0 Å². The van der Waals surface area contributed by atoms with E-state index in [1.165, 1.54) is 0 Å². The number of aryl methyl sites for hydroxylation is 1. The van der Waals surface area contributed by atoms with Gasteiger partial charge in [-0.05, 0) is 37.5 Å². The molecular weight excluding hydrogens is 316 g/mol. The summed E-state index contributed by atoms with van der Waals surface area (Å²) >= 11 is 6.06. The molecule has 2 rings (SSSR count). The number of carbonyl (C=O) groups excluding carboxylic acids is 2. The first-order valence-corrected chi connectivity index (χ1v) is 8.31. The number of aliphatic hydroxyl groups is 1. The van der Waals surface area contributed by atoms with Gasteiger partial charge in [0.05, 0.1) is 22.7 Å². The van der Waals surface area contributed by atoms with E-state index in [2.05, 4.69) is 10.6 Å². The number of nitrogens with one attached hydrogen (secondary N) is 2. The molecule has 1 fully saturated rings. The van der Waals surface area contributed by atoms with E-state index in [1.54, 1.807) is 12.1 Å². The maximum atomic E-state index is 11.9. The molecule has 0 bridgehead atoms. The first kappa shape index (κ1) is 17.8. The van der Waals surface area contributed by atoms with Gasteiger partial charge >= 0.3 is 0 Å². The molecule has 23 heavy (non-hydrogen) atoms. The fraction of sp³-hybridized carbons (Fsp3) is 0.529. The highest BCUT2D eigenvalue weighted by molar-refractivity contribution is 6.33. The molecule has 0 heterocycles. The first-order valence-electron chi connectivity index (χ1n) is 7.93. The second-order valence-corrected chi connectivity index (χ2v) is 6.65. The predicted octanol–water partition coefficient (Wildman–Crippen LogP) is 2.79. The standard InChI is InChI=1S/C17H23ClN2O3/c1-12-4-5-14(13(18)10-12)20-15(21)6-9-19-16(22)11-17(23)7-2-3-8-17/h4-5,10,23H,2-3,6-9,11H2,1H3,(H,19,22)(H,20,21). The van der Waals surface area contributed by atoms with Gasteiger partial charge in [-0.1, -0.05) is 30.5 Å². The molecule has 3 N–H and O–H groups in total. The van der Waals surface area contributed by atoms with Crippen molar-refractivity contribution in [1.82, 2.24) is 5.32 Å². The van der Waals surface area contributed by atoms with Crippen molar-refractivity contribution in [3.8, 4) is 0 Å². The van der Waals surface area contributed by atoms with E-state index in [4.69, 9.17) is 11.6 Å². The lowest BCUT2D eigenvalue weighted by Crippen LogP contribution is -2.35. The molecule has 126 valence electrons. The number of halogens is 1. The van der Waals surface area contributed by atoms with Crippen LogP contribution in [-0.4, -0.2) is 29.1 Å². The molecule has 0 saturated heterocycles. The zero-order valence-electron chi connectivity index (χ0n) is 13.3. The Morgan fingerprint density at radius 1 is 1.26 bits per heavy atom. The normalized spacial score (nSPS) is 16.1. The summed E-state index contributed by atoms with van der Waals surface area (Å²) in [5.74, 6) is -0.425. The van der Waals surface area contributed by atoms with Crippen LogP contribution in [0.15, 0.2) is 18.2 Å². The number of amides is 2. The van der Waals surface area contributed by atoms with Crippen LogP contribution < -0.4 is 10.6 Å². The van der Waals surface area contributed by atoms with Crippen molar-refractivity contribution in [1.29, 1.82) is 0 Å². The lowest BCUT2D eigenvalue weighted by atomic mass is 9.98. The smallest absolute Gasteiger partial charge is 0.226 e. The minimum atomic E-state index is -0.859. The van der Waals surface area contributed by atoms with Crippen LogP contribution in [0.1, 0.15) is 44.1 Å². The van der Waals surface area contributed by atoms with Gasteiger partial charge < -0.3 is 15.7 Å². The van der Waals surface area contributed by atoms with E-state index in [0.29, 0.717) is 23.6 Å². The van der Waals surface area contributed by atoms with Crippen molar-refractivity contribution in [2.45, 2.75) is 51.0 Å². The van der Waals surface area contributed by atoms with Gasteiger partial charge in [0.2, 0.25) is 11.8 Å². The Balaban J connectivity index is 1.71. The Hall–Kier alpha value is -1.59. The van der Waals surface area contributed by atoms with E-state index in [-0.39, 0.29) is 31.2 Å². The summed E-state index contributed by atoms with van der Waals surface area (Å²) in [6, 6.07) is 5.40. The molecule has 1 aliphatic rings. The summed E-state index contributed by atoms with van der Waals surface area (Å²) in [5.41, 5.74) is 0.723. The van der Waals surface area contributed by atoms with Crippen LogP contribution >= 0.6 is 11.6 Å². The second kappa shape index (κ2) is 7.79. The fourth-order valence-corrected chi connectivity index (χ4v) is 3.10. The molecule has 2 amide bonds. The Morgan fingerprint density at radius 2 is 1.96 bits per heavy atom. The number of hydrogen-bond donors (Lipinski definition) is 3. The third-order valence-electron chi connectivity index (χ3n) is 4.10. The largest absolute Gasteiger partial charge is 0.389 e. The zero-order valence-corrected chi connectivity index (χ0v) is 14.1. The number of anilines is 1. The van der Waals surface area contributed by atoms with Crippen LogP contribution in [0.2, 0.25) is 5.02 Å². The molecule has 0 radical (unpaired) electrons. The van der Waals surface area contributed by atoms with Crippen LogP contribution in [0.4, 0.5) is 5.69 Å². The van der Waals surface area contributed by atoms with E-state index in [1.807, 2.05) is 13.0 Å². The number of rotatable bonds is 6. The molecule has 1 aromatic carbocycles. The van der Waals surface area contributed by atoms with Gasteiger partial charge in [-0.15, -0.1) is 0 Å². The first-order chi connectivity index (χ1) is 10.9. The van der Waals surface area contributed by atoms with Gasteiger partial charge in [-0.3, -0.25) is 9.59 Å². The SMILES string of the molecule is Cc1ccc(NC(=O)CCNC(=O)CC2(O)CCCC2)c(Cl)c1. The van der Waals surface area contributed by atoms with Crippen LogP contribution in [-0.2, 0) is 9.59 Å². The Bertz CT molecular complexity index is 583. The van der Waals surface area contributed by atoms with E-state index >= 15 is 0 Å². The van der Waals surface area contributed by atoms with Crippen LogP contribution in [0.25, 0.3) is 0 Å². The number of carbonyl (C=O) groups is 2. The molecule has 0 spiro atoms. The van der Waals surface area contributed by atoms with Gasteiger partial charge in [-0.2, -0.15) is 0 Å². The lowest BCUT2D eigenvalue weighted by molar-refractivity contribution is -0.125.